The third-order valence-electron chi connectivity index (χ3n) is 5.32. The van der Waals surface area contributed by atoms with Gasteiger partial charge >= 0.3 is 0 Å². The highest BCUT2D eigenvalue weighted by atomic mass is 16.5. The first-order valence-corrected chi connectivity index (χ1v) is 11.7. The minimum Gasteiger partial charge on any atom is -0.494 e. The first-order chi connectivity index (χ1) is 14.4. The maximum Gasteiger partial charge on any atom is 0.119 e. The van der Waals surface area contributed by atoms with Gasteiger partial charge in [-0.3, -0.25) is 4.98 Å². The molecule has 0 aliphatic rings. The van der Waals surface area contributed by atoms with Crippen molar-refractivity contribution in [3.63, 3.8) is 0 Å². The molecule has 2 heteroatoms. The molecule has 0 bridgehead atoms. The Balaban J connectivity index is 1.46. The van der Waals surface area contributed by atoms with E-state index >= 15 is 0 Å². The van der Waals surface area contributed by atoms with Gasteiger partial charge in [0, 0.05) is 12.4 Å². The van der Waals surface area contributed by atoms with E-state index in [1.54, 1.807) is 0 Å². The van der Waals surface area contributed by atoms with Gasteiger partial charge in [0.25, 0.3) is 0 Å². The summed E-state index contributed by atoms with van der Waals surface area (Å²) < 4.78 is 5.88. The summed E-state index contributed by atoms with van der Waals surface area (Å²) in [6, 6.07) is 12.3. The van der Waals surface area contributed by atoms with Crippen LogP contribution in [0.4, 0.5) is 0 Å². The quantitative estimate of drug-likeness (QED) is 0.267. The van der Waals surface area contributed by atoms with E-state index in [1.807, 2.05) is 24.5 Å². The number of hydrogen-bond acceptors (Lipinski definition) is 2. The van der Waals surface area contributed by atoms with Crippen LogP contribution < -0.4 is 4.74 Å². The number of pyridine rings is 1. The highest BCUT2D eigenvalue weighted by Gasteiger charge is 1.96. The summed E-state index contributed by atoms with van der Waals surface area (Å²) in [5.74, 6) is 0.967. The van der Waals surface area contributed by atoms with Crippen molar-refractivity contribution in [2.45, 2.75) is 84.0 Å². The Labute approximate surface area is 178 Å². The molecule has 0 N–H and O–H groups in total. The van der Waals surface area contributed by atoms with Gasteiger partial charge in [0.2, 0.25) is 0 Å². The number of unbranched alkanes of at least 4 members (excludes halogenated alkanes) is 11. The topological polar surface area (TPSA) is 22.1 Å². The lowest BCUT2D eigenvalue weighted by atomic mass is 10.1. The van der Waals surface area contributed by atoms with Crippen molar-refractivity contribution in [2.24, 2.45) is 0 Å². The predicted octanol–water partition coefficient (Wildman–Crippen LogP) is 8.33. The van der Waals surface area contributed by atoms with E-state index in [0.29, 0.717) is 0 Å². The van der Waals surface area contributed by atoms with Crippen molar-refractivity contribution in [1.82, 2.24) is 4.98 Å². The van der Waals surface area contributed by atoms with Crippen LogP contribution in [0.25, 0.3) is 12.2 Å². The van der Waals surface area contributed by atoms with Gasteiger partial charge in [-0.25, -0.2) is 0 Å². The van der Waals surface area contributed by atoms with E-state index < -0.39 is 0 Å². The molecular weight excluding hydrogens is 354 g/mol. The van der Waals surface area contributed by atoms with Crippen molar-refractivity contribution in [3.8, 4) is 5.75 Å². The van der Waals surface area contributed by atoms with Gasteiger partial charge < -0.3 is 4.74 Å². The van der Waals surface area contributed by atoms with E-state index in [9.17, 15) is 0 Å². The van der Waals surface area contributed by atoms with E-state index in [4.69, 9.17) is 4.74 Å². The molecular formula is C27H39NO. The van der Waals surface area contributed by atoms with Crippen LogP contribution in [0.5, 0.6) is 5.75 Å². The molecule has 0 atom stereocenters. The van der Waals surface area contributed by atoms with E-state index in [-0.39, 0.29) is 0 Å². The van der Waals surface area contributed by atoms with E-state index in [2.05, 4.69) is 48.3 Å². The fourth-order valence-corrected chi connectivity index (χ4v) is 3.48. The summed E-state index contributed by atoms with van der Waals surface area (Å²) >= 11 is 0. The van der Waals surface area contributed by atoms with E-state index in [0.717, 1.165) is 24.3 Å². The van der Waals surface area contributed by atoms with Gasteiger partial charge in [-0.2, -0.15) is 0 Å². The maximum absolute atomic E-state index is 5.88. The molecule has 158 valence electrons. The van der Waals surface area contributed by atoms with Crippen LogP contribution in [0.15, 0.2) is 48.8 Å². The molecule has 0 aliphatic heterocycles. The predicted molar refractivity (Wildman–Crippen MR) is 126 cm³/mol. The Morgan fingerprint density at radius 2 is 1.10 bits per heavy atom. The van der Waals surface area contributed by atoms with Crippen LogP contribution >= 0.6 is 0 Å². The van der Waals surface area contributed by atoms with Gasteiger partial charge in [-0.15, -0.1) is 0 Å². The molecule has 0 aliphatic carbocycles. The molecule has 1 aromatic carbocycles. The van der Waals surface area contributed by atoms with Crippen LogP contribution in [0.3, 0.4) is 0 Å². The van der Waals surface area contributed by atoms with Crippen LogP contribution in [0.2, 0.25) is 0 Å². The number of hydrogen-bond donors (Lipinski definition) is 0. The van der Waals surface area contributed by atoms with Gasteiger partial charge in [0.1, 0.15) is 5.75 Å². The number of ether oxygens (including phenoxy) is 1. The summed E-state index contributed by atoms with van der Waals surface area (Å²) in [7, 11) is 0. The Hall–Kier alpha value is -2.09. The molecule has 1 aromatic heterocycles. The van der Waals surface area contributed by atoms with Crippen molar-refractivity contribution in [2.75, 3.05) is 6.61 Å². The van der Waals surface area contributed by atoms with Gasteiger partial charge in [0.05, 0.1) is 6.61 Å². The standard InChI is InChI=1S/C27H39NO/c1-2-3-4-5-6-7-8-9-10-11-12-13-24-29-27-18-16-25(17-19-27)14-15-26-20-22-28-23-21-26/h14-23H,2-13,24H2,1H3/b15-14+. The number of rotatable bonds is 16. The number of benzene rings is 1. The van der Waals surface area contributed by atoms with Crippen molar-refractivity contribution < 1.29 is 4.74 Å². The molecule has 2 rings (SSSR count). The van der Waals surface area contributed by atoms with Crippen molar-refractivity contribution in [1.29, 1.82) is 0 Å². The Morgan fingerprint density at radius 3 is 1.66 bits per heavy atom. The lowest BCUT2D eigenvalue weighted by Gasteiger charge is -2.06. The second kappa shape index (κ2) is 15.8. The number of nitrogens with zero attached hydrogens (tertiary/aromatic N) is 1. The molecule has 0 radical (unpaired) electrons. The Kier molecular flexibility index (Phi) is 12.6. The largest absolute Gasteiger partial charge is 0.494 e. The van der Waals surface area contributed by atoms with Crippen LogP contribution in [0.1, 0.15) is 95.1 Å². The zero-order chi connectivity index (χ0) is 20.4. The van der Waals surface area contributed by atoms with Crippen LogP contribution in [0, 0.1) is 0 Å². The van der Waals surface area contributed by atoms with Gasteiger partial charge in [0.15, 0.2) is 0 Å². The molecule has 29 heavy (non-hydrogen) atoms. The lowest BCUT2D eigenvalue weighted by molar-refractivity contribution is 0.304. The average Bonchev–Trinajstić information content (AvgIpc) is 2.77. The number of aromatic nitrogens is 1. The minimum atomic E-state index is 0.823. The smallest absolute Gasteiger partial charge is 0.119 e. The van der Waals surface area contributed by atoms with Crippen LogP contribution in [-0.4, -0.2) is 11.6 Å². The molecule has 0 spiro atoms. The van der Waals surface area contributed by atoms with E-state index in [1.165, 1.54) is 76.2 Å². The third kappa shape index (κ3) is 11.5. The van der Waals surface area contributed by atoms with Crippen molar-refractivity contribution in [3.05, 3.63) is 59.9 Å². The maximum atomic E-state index is 5.88. The molecule has 0 unspecified atom stereocenters. The minimum absolute atomic E-state index is 0.823. The Morgan fingerprint density at radius 1 is 0.621 bits per heavy atom. The lowest BCUT2D eigenvalue weighted by Crippen LogP contribution is -1.97. The fourth-order valence-electron chi connectivity index (χ4n) is 3.48. The summed E-state index contributed by atoms with van der Waals surface area (Å²) in [5, 5.41) is 0. The highest BCUT2D eigenvalue weighted by molar-refractivity contribution is 5.69. The summed E-state index contributed by atoms with van der Waals surface area (Å²) in [6.07, 6.45) is 24.3. The first-order valence-electron chi connectivity index (χ1n) is 11.7. The zero-order valence-corrected chi connectivity index (χ0v) is 18.3. The summed E-state index contributed by atoms with van der Waals surface area (Å²) in [4.78, 5) is 4.04. The second-order valence-corrected chi connectivity index (χ2v) is 7.92. The molecule has 0 saturated carbocycles. The molecule has 1 heterocycles. The van der Waals surface area contributed by atoms with Crippen molar-refractivity contribution >= 4 is 12.2 Å². The molecule has 2 nitrogen and oxygen atoms in total. The highest BCUT2D eigenvalue weighted by Crippen LogP contribution is 2.16. The normalized spacial score (nSPS) is 11.2. The molecule has 2 aromatic rings. The first kappa shape index (κ1) is 23.2. The third-order valence-corrected chi connectivity index (χ3v) is 5.32. The summed E-state index contributed by atoms with van der Waals surface area (Å²) in [6.45, 7) is 3.11. The van der Waals surface area contributed by atoms with Crippen LogP contribution in [-0.2, 0) is 0 Å². The Bertz CT molecular complexity index is 648. The van der Waals surface area contributed by atoms with Gasteiger partial charge in [-0.05, 0) is 41.8 Å². The molecule has 0 fully saturated rings. The summed E-state index contributed by atoms with van der Waals surface area (Å²) in [5.41, 5.74) is 2.34. The monoisotopic (exact) mass is 393 g/mol. The molecule has 0 amide bonds. The van der Waals surface area contributed by atoms with Gasteiger partial charge in [-0.1, -0.05) is 102 Å². The average molecular weight is 394 g/mol. The molecule has 0 saturated heterocycles. The zero-order valence-electron chi connectivity index (χ0n) is 18.3. The SMILES string of the molecule is CCCCCCCCCCCCCCOc1ccc(/C=C/c2ccncc2)cc1. The fraction of sp³-hybridized carbons (Fsp3) is 0.519. The second-order valence-electron chi connectivity index (χ2n) is 7.92.